The molecule has 186 valence electrons. The fourth-order valence-corrected chi connectivity index (χ4v) is 6.37. The second kappa shape index (κ2) is 13.9. The van der Waals surface area contributed by atoms with Crippen molar-refractivity contribution in [3.8, 4) is 0 Å². The number of sulfonamides is 1. The summed E-state index contributed by atoms with van der Waals surface area (Å²) in [6, 6.07) is 0.556. The van der Waals surface area contributed by atoms with Crippen LogP contribution in [0.25, 0.3) is 0 Å². The van der Waals surface area contributed by atoms with Crippen molar-refractivity contribution in [1.29, 1.82) is 0 Å². The number of hydrogen-bond acceptors (Lipinski definition) is 6. The number of nitrogens with one attached hydrogen (secondary N) is 2. The normalized spacial score (nSPS) is 25.3. The van der Waals surface area contributed by atoms with Crippen LogP contribution >= 0.6 is 11.6 Å². The van der Waals surface area contributed by atoms with Crippen LogP contribution in [0.2, 0.25) is 0 Å². The molecule has 0 aromatic carbocycles. The smallest absolute Gasteiger partial charge is 0.214 e. The van der Waals surface area contributed by atoms with Gasteiger partial charge in [0.05, 0.1) is 10.8 Å². The zero-order valence-electron chi connectivity index (χ0n) is 20.4. The minimum absolute atomic E-state index is 0.249. The first-order valence-electron chi connectivity index (χ1n) is 12.1. The van der Waals surface area contributed by atoms with E-state index >= 15 is 0 Å². The molecule has 0 aromatic heterocycles. The van der Waals surface area contributed by atoms with Gasteiger partial charge in [0.15, 0.2) is 0 Å². The SMILES string of the molecule is CC/C=C(Cl)\C(=C/CN1CCN(S(=O)(=O)CCCCNC2CCN(C)CC2C)CC1)NC. The van der Waals surface area contributed by atoms with Gasteiger partial charge in [-0.15, -0.1) is 0 Å². The molecule has 2 unspecified atom stereocenters. The average molecular weight is 490 g/mol. The lowest BCUT2D eigenvalue weighted by molar-refractivity contribution is 0.175. The summed E-state index contributed by atoms with van der Waals surface area (Å²) in [6.45, 7) is 10.9. The first-order valence-corrected chi connectivity index (χ1v) is 14.1. The van der Waals surface area contributed by atoms with Crippen molar-refractivity contribution >= 4 is 21.6 Å². The van der Waals surface area contributed by atoms with E-state index in [4.69, 9.17) is 11.6 Å². The molecule has 0 amide bonds. The third-order valence-corrected chi connectivity index (χ3v) is 8.85. The van der Waals surface area contributed by atoms with Crippen molar-refractivity contribution in [3.63, 3.8) is 0 Å². The number of halogens is 1. The van der Waals surface area contributed by atoms with Crippen molar-refractivity contribution in [2.75, 3.05) is 72.2 Å². The van der Waals surface area contributed by atoms with Crippen LogP contribution in [-0.4, -0.2) is 101 Å². The first kappa shape index (κ1) is 27.6. The molecular weight excluding hydrogens is 446 g/mol. The topological polar surface area (TPSA) is 67.9 Å². The molecule has 2 aliphatic rings. The highest BCUT2D eigenvalue weighted by Crippen LogP contribution is 2.16. The largest absolute Gasteiger partial charge is 0.387 e. The van der Waals surface area contributed by atoms with Crippen LogP contribution in [0.3, 0.4) is 0 Å². The monoisotopic (exact) mass is 489 g/mol. The predicted molar refractivity (Wildman–Crippen MR) is 135 cm³/mol. The summed E-state index contributed by atoms with van der Waals surface area (Å²) in [5.74, 6) is 0.894. The molecule has 7 nitrogen and oxygen atoms in total. The summed E-state index contributed by atoms with van der Waals surface area (Å²) >= 11 is 6.29. The van der Waals surface area contributed by atoms with Crippen LogP contribution in [0, 0.1) is 5.92 Å². The van der Waals surface area contributed by atoms with Gasteiger partial charge in [0.25, 0.3) is 0 Å². The number of likely N-dealkylation sites (N-methyl/N-ethyl adjacent to an activating group) is 1. The lowest BCUT2D eigenvalue weighted by Crippen LogP contribution is -2.49. The molecule has 0 spiro atoms. The number of nitrogens with zero attached hydrogens (tertiary/aromatic N) is 3. The van der Waals surface area contributed by atoms with E-state index in [1.54, 1.807) is 4.31 Å². The number of likely N-dealkylation sites (tertiary alicyclic amines) is 1. The lowest BCUT2D eigenvalue weighted by atomic mass is 9.94. The van der Waals surface area contributed by atoms with Gasteiger partial charge < -0.3 is 15.5 Å². The number of piperazine rings is 1. The fourth-order valence-electron chi connectivity index (χ4n) is 4.50. The highest BCUT2D eigenvalue weighted by molar-refractivity contribution is 7.89. The quantitative estimate of drug-likeness (QED) is 0.324. The molecular formula is C23H44ClN5O2S. The molecule has 2 rings (SSSR count). The fraction of sp³-hybridized carbons (Fsp3) is 0.826. The van der Waals surface area contributed by atoms with Gasteiger partial charge in [0, 0.05) is 58.1 Å². The Kier molecular flexibility index (Phi) is 12.0. The number of rotatable bonds is 12. The molecule has 2 saturated heterocycles. The Morgan fingerprint density at radius 3 is 2.47 bits per heavy atom. The van der Waals surface area contributed by atoms with Gasteiger partial charge in [0.1, 0.15) is 0 Å². The maximum absolute atomic E-state index is 12.8. The van der Waals surface area contributed by atoms with E-state index < -0.39 is 10.0 Å². The third-order valence-electron chi connectivity index (χ3n) is 6.53. The van der Waals surface area contributed by atoms with Crippen molar-refractivity contribution in [2.24, 2.45) is 5.92 Å². The Balaban J connectivity index is 1.67. The van der Waals surface area contributed by atoms with E-state index in [1.807, 2.05) is 13.1 Å². The van der Waals surface area contributed by atoms with Gasteiger partial charge in [0.2, 0.25) is 10.0 Å². The molecule has 0 radical (unpaired) electrons. The molecule has 0 saturated carbocycles. The standard InChI is InChI=1S/C23H44ClN5O2S/c1-5-8-21(24)23(25-3)10-13-28-14-16-29(17-15-28)32(30,31)18-7-6-11-26-22-9-12-27(4)19-20(22)2/h8,10,20,22,25-26H,5-7,9,11-19H2,1-4H3/b21-8+,23-10+. The molecule has 9 heteroatoms. The summed E-state index contributed by atoms with van der Waals surface area (Å²) in [5, 5.41) is 7.51. The maximum Gasteiger partial charge on any atom is 0.214 e. The molecule has 2 aliphatic heterocycles. The predicted octanol–water partition coefficient (Wildman–Crippen LogP) is 2.28. The van der Waals surface area contributed by atoms with Gasteiger partial charge in [-0.05, 0) is 57.8 Å². The van der Waals surface area contributed by atoms with Gasteiger partial charge >= 0.3 is 0 Å². The zero-order valence-corrected chi connectivity index (χ0v) is 22.0. The van der Waals surface area contributed by atoms with E-state index in [2.05, 4.69) is 47.4 Å². The van der Waals surface area contributed by atoms with E-state index in [0.717, 1.165) is 62.8 Å². The van der Waals surface area contributed by atoms with Gasteiger partial charge in [-0.3, -0.25) is 4.90 Å². The summed E-state index contributed by atoms with van der Waals surface area (Å²) in [6.07, 6.45) is 7.75. The maximum atomic E-state index is 12.8. The molecule has 0 aliphatic carbocycles. The number of allylic oxidation sites excluding steroid dienone is 2. The Bertz CT molecular complexity index is 720. The van der Waals surface area contributed by atoms with Crippen LogP contribution in [-0.2, 0) is 10.0 Å². The van der Waals surface area contributed by atoms with Crippen LogP contribution in [0.1, 0.15) is 39.5 Å². The highest BCUT2D eigenvalue weighted by atomic mass is 35.5. The van der Waals surface area contributed by atoms with Crippen molar-refractivity contribution < 1.29 is 8.42 Å². The van der Waals surface area contributed by atoms with Crippen molar-refractivity contribution in [3.05, 3.63) is 22.9 Å². The number of piperidine rings is 1. The second-order valence-corrected chi connectivity index (χ2v) is 11.6. The van der Waals surface area contributed by atoms with Crippen LogP contribution < -0.4 is 10.6 Å². The molecule has 32 heavy (non-hydrogen) atoms. The van der Waals surface area contributed by atoms with Gasteiger partial charge in [-0.25, -0.2) is 8.42 Å². The van der Waals surface area contributed by atoms with Crippen LogP contribution in [0.4, 0.5) is 0 Å². The Morgan fingerprint density at radius 1 is 1.12 bits per heavy atom. The molecule has 2 atom stereocenters. The second-order valence-electron chi connectivity index (χ2n) is 9.14. The summed E-state index contributed by atoms with van der Waals surface area (Å²) in [4.78, 5) is 4.65. The van der Waals surface area contributed by atoms with Gasteiger partial charge in [-0.2, -0.15) is 4.31 Å². The lowest BCUT2D eigenvalue weighted by Gasteiger charge is -2.35. The number of unbranched alkanes of at least 4 members (excludes halogenated alkanes) is 1. The van der Waals surface area contributed by atoms with Crippen molar-refractivity contribution in [1.82, 2.24) is 24.7 Å². The molecule has 2 fully saturated rings. The molecule has 2 N–H and O–H groups in total. The highest BCUT2D eigenvalue weighted by Gasteiger charge is 2.26. The van der Waals surface area contributed by atoms with Crippen LogP contribution in [0.5, 0.6) is 0 Å². The molecule has 0 bridgehead atoms. The minimum atomic E-state index is -3.17. The molecule has 0 aromatic rings. The van der Waals surface area contributed by atoms with Crippen molar-refractivity contribution in [2.45, 2.75) is 45.6 Å². The number of hydrogen-bond donors (Lipinski definition) is 2. The minimum Gasteiger partial charge on any atom is -0.387 e. The van der Waals surface area contributed by atoms with E-state index in [1.165, 1.54) is 6.42 Å². The van der Waals surface area contributed by atoms with E-state index in [9.17, 15) is 8.42 Å². The van der Waals surface area contributed by atoms with E-state index in [-0.39, 0.29) is 5.75 Å². The Morgan fingerprint density at radius 2 is 1.84 bits per heavy atom. The summed E-state index contributed by atoms with van der Waals surface area (Å²) in [5.41, 5.74) is 0.923. The average Bonchev–Trinajstić information content (AvgIpc) is 2.76. The zero-order chi connectivity index (χ0) is 23.6. The molecule has 2 heterocycles. The summed E-state index contributed by atoms with van der Waals surface area (Å²) in [7, 11) is 0.869. The van der Waals surface area contributed by atoms with E-state index in [0.29, 0.717) is 31.5 Å². The summed E-state index contributed by atoms with van der Waals surface area (Å²) < 4.78 is 27.2. The first-order chi connectivity index (χ1) is 15.3. The Labute approximate surface area is 201 Å². The Hall–Kier alpha value is -0.640. The third kappa shape index (κ3) is 8.95. The van der Waals surface area contributed by atoms with Gasteiger partial charge in [-0.1, -0.05) is 31.5 Å². The van der Waals surface area contributed by atoms with Crippen LogP contribution in [0.15, 0.2) is 22.9 Å².